The second-order valence-corrected chi connectivity index (χ2v) is 8.86. The van der Waals surface area contributed by atoms with E-state index in [1.54, 1.807) is 15.9 Å². The highest BCUT2D eigenvalue weighted by molar-refractivity contribution is 7.88. The van der Waals surface area contributed by atoms with Gasteiger partial charge in [0.15, 0.2) is 0 Å². The van der Waals surface area contributed by atoms with Crippen molar-refractivity contribution in [3.8, 4) is 0 Å². The Morgan fingerprint density at radius 3 is 2.88 bits per heavy atom. The van der Waals surface area contributed by atoms with Crippen LogP contribution in [0, 0.1) is 0 Å². The molecule has 3 heterocycles. The van der Waals surface area contributed by atoms with Crippen molar-refractivity contribution in [3.63, 3.8) is 0 Å². The quantitative estimate of drug-likeness (QED) is 0.786. The van der Waals surface area contributed by atoms with Gasteiger partial charge in [0, 0.05) is 17.5 Å². The van der Waals surface area contributed by atoms with Crippen LogP contribution < -0.4 is 5.56 Å². The van der Waals surface area contributed by atoms with Gasteiger partial charge >= 0.3 is 0 Å². The third-order valence-electron chi connectivity index (χ3n) is 4.02. The highest BCUT2D eigenvalue weighted by atomic mass is 32.2. The molecule has 0 aromatic carbocycles. The van der Waals surface area contributed by atoms with Gasteiger partial charge in [-0.05, 0) is 19.3 Å². The highest BCUT2D eigenvalue weighted by Crippen LogP contribution is 2.17. The largest absolute Gasteiger partial charge is 0.293 e. The zero-order valence-electron chi connectivity index (χ0n) is 13.7. The zero-order valence-corrected chi connectivity index (χ0v) is 15.4. The minimum atomic E-state index is -3.27. The van der Waals surface area contributed by atoms with Gasteiger partial charge in [-0.15, -0.1) is 11.3 Å². The van der Waals surface area contributed by atoms with E-state index in [9.17, 15) is 13.2 Å². The number of hydrogen-bond donors (Lipinski definition) is 0. The van der Waals surface area contributed by atoms with Gasteiger partial charge in [-0.2, -0.15) is 4.31 Å². The van der Waals surface area contributed by atoms with Gasteiger partial charge in [-0.3, -0.25) is 9.36 Å². The maximum atomic E-state index is 12.6. The number of thiazole rings is 1. The lowest BCUT2D eigenvalue weighted by Gasteiger charge is -2.25. The van der Waals surface area contributed by atoms with Crippen LogP contribution in [0.25, 0.3) is 0 Å². The van der Waals surface area contributed by atoms with Crippen molar-refractivity contribution in [2.24, 2.45) is 0 Å². The summed E-state index contributed by atoms with van der Waals surface area (Å²) >= 11 is 1.61. The maximum Gasteiger partial charge on any atom is 0.257 e. The molecule has 2 aromatic rings. The summed E-state index contributed by atoms with van der Waals surface area (Å²) in [6.07, 6.45) is 5.06. The Kier molecular flexibility index (Phi) is 4.84. The Morgan fingerprint density at radius 2 is 2.17 bits per heavy atom. The van der Waals surface area contributed by atoms with E-state index in [-0.39, 0.29) is 12.1 Å². The summed E-state index contributed by atoms with van der Waals surface area (Å²) in [4.78, 5) is 21.5. The van der Waals surface area contributed by atoms with Crippen LogP contribution in [0.15, 0.2) is 16.5 Å². The van der Waals surface area contributed by atoms with E-state index in [0.717, 1.165) is 23.5 Å². The first-order chi connectivity index (χ1) is 11.4. The van der Waals surface area contributed by atoms with Gasteiger partial charge < -0.3 is 0 Å². The van der Waals surface area contributed by atoms with Crippen LogP contribution in [0.3, 0.4) is 0 Å². The average molecular weight is 368 g/mol. The van der Waals surface area contributed by atoms with Crippen LogP contribution >= 0.6 is 11.3 Å². The number of aryl methyl sites for hydroxylation is 1. The molecule has 0 N–H and O–H groups in total. The standard InChI is InChI=1S/C15H20N4O3S2/c1-3-4-14-17-11(9-23-14)7-18-10-16-13-8-19(24(2,21)22)6-5-12(13)15(18)20/h9-10H,3-8H2,1-2H3. The van der Waals surface area contributed by atoms with Crippen LogP contribution in [0.1, 0.15) is 35.3 Å². The van der Waals surface area contributed by atoms with Crippen molar-refractivity contribution < 1.29 is 8.42 Å². The van der Waals surface area contributed by atoms with Crippen LogP contribution in [-0.2, 0) is 36.0 Å². The molecule has 2 aromatic heterocycles. The Balaban J connectivity index is 1.84. The molecule has 130 valence electrons. The predicted octanol–water partition coefficient (Wildman–Crippen LogP) is 1.02. The second kappa shape index (κ2) is 6.73. The van der Waals surface area contributed by atoms with E-state index >= 15 is 0 Å². The van der Waals surface area contributed by atoms with Crippen molar-refractivity contribution >= 4 is 21.4 Å². The van der Waals surface area contributed by atoms with Crippen molar-refractivity contribution in [3.05, 3.63) is 44.0 Å². The molecule has 0 radical (unpaired) electrons. The topological polar surface area (TPSA) is 85.2 Å². The number of fused-ring (bicyclic) bond motifs is 1. The van der Waals surface area contributed by atoms with Crippen LogP contribution in [-0.4, -0.2) is 40.1 Å². The predicted molar refractivity (Wildman–Crippen MR) is 92.7 cm³/mol. The molecule has 0 saturated heterocycles. The first kappa shape index (κ1) is 17.2. The fourth-order valence-electron chi connectivity index (χ4n) is 2.76. The van der Waals surface area contributed by atoms with Gasteiger partial charge in [0.2, 0.25) is 10.0 Å². The molecule has 0 bridgehead atoms. The lowest BCUT2D eigenvalue weighted by molar-refractivity contribution is 0.384. The molecule has 0 aliphatic carbocycles. The molecule has 24 heavy (non-hydrogen) atoms. The van der Waals surface area contributed by atoms with Crippen LogP contribution in [0.2, 0.25) is 0 Å². The maximum absolute atomic E-state index is 12.6. The molecule has 0 unspecified atom stereocenters. The van der Waals surface area contributed by atoms with Crippen molar-refractivity contribution in [2.45, 2.75) is 39.3 Å². The number of nitrogens with zero attached hydrogens (tertiary/aromatic N) is 4. The molecular weight excluding hydrogens is 348 g/mol. The monoisotopic (exact) mass is 368 g/mol. The third-order valence-corrected chi connectivity index (χ3v) is 6.23. The van der Waals surface area contributed by atoms with Crippen LogP contribution in [0.4, 0.5) is 0 Å². The number of aromatic nitrogens is 3. The molecule has 0 spiro atoms. The normalized spacial score (nSPS) is 15.4. The Morgan fingerprint density at radius 1 is 1.38 bits per heavy atom. The first-order valence-electron chi connectivity index (χ1n) is 7.84. The summed E-state index contributed by atoms with van der Waals surface area (Å²) in [5, 5.41) is 3.05. The van der Waals surface area contributed by atoms with E-state index in [1.165, 1.54) is 16.9 Å². The third kappa shape index (κ3) is 3.57. The number of rotatable bonds is 5. The van der Waals surface area contributed by atoms with E-state index in [4.69, 9.17) is 0 Å². The minimum Gasteiger partial charge on any atom is -0.293 e. The van der Waals surface area contributed by atoms with E-state index in [0.29, 0.717) is 30.8 Å². The summed E-state index contributed by atoms with van der Waals surface area (Å²) in [5.41, 5.74) is 1.93. The summed E-state index contributed by atoms with van der Waals surface area (Å²) in [6, 6.07) is 0. The summed E-state index contributed by atoms with van der Waals surface area (Å²) in [5.74, 6) is 0. The van der Waals surface area contributed by atoms with Gasteiger partial charge in [0.25, 0.3) is 5.56 Å². The summed E-state index contributed by atoms with van der Waals surface area (Å²) < 4.78 is 26.2. The van der Waals surface area contributed by atoms with Gasteiger partial charge in [0.1, 0.15) is 0 Å². The second-order valence-electron chi connectivity index (χ2n) is 5.93. The Hall–Kier alpha value is -1.58. The molecule has 0 fully saturated rings. The average Bonchev–Trinajstić information content (AvgIpc) is 2.96. The lowest BCUT2D eigenvalue weighted by Crippen LogP contribution is -2.39. The summed E-state index contributed by atoms with van der Waals surface area (Å²) in [7, 11) is -3.27. The summed E-state index contributed by atoms with van der Waals surface area (Å²) in [6.45, 7) is 3.00. The smallest absolute Gasteiger partial charge is 0.257 e. The molecule has 7 nitrogen and oxygen atoms in total. The lowest BCUT2D eigenvalue weighted by atomic mass is 10.1. The first-order valence-corrected chi connectivity index (χ1v) is 10.6. The molecule has 9 heteroatoms. The number of hydrogen-bond acceptors (Lipinski definition) is 6. The molecule has 0 amide bonds. The zero-order chi connectivity index (χ0) is 17.3. The van der Waals surface area contributed by atoms with Gasteiger partial charge in [-0.25, -0.2) is 18.4 Å². The molecule has 0 saturated carbocycles. The Labute approximate surface area is 145 Å². The molecule has 0 atom stereocenters. The molecule has 1 aliphatic heterocycles. The van der Waals surface area contributed by atoms with Crippen molar-refractivity contribution in [1.82, 2.24) is 18.8 Å². The van der Waals surface area contributed by atoms with Gasteiger partial charge in [0.05, 0.1) is 42.1 Å². The molecule has 1 aliphatic rings. The van der Waals surface area contributed by atoms with E-state index < -0.39 is 10.0 Å². The van der Waals surface area contributed by atoms with E-state index in [2.05, 4.69) is 16.9 Å². The minimum absolute atomic E-state index is 0.0989. The van der Waals surface area contributed by atoms with Gasteiger partial charge in [-0.1, -0.05) is 6.92 Å². The van der Waals surface area contributed by atoms with E-state index in [1.807, 2.05) is 5.38 Å². The fourth-order valence-corrected chi connectivity index (χ4v) is 4.43. The molecule has 3 rings (SSSR count). The number of sulfonamides is 1. The van der Waals surface area contributed by atoms with Crippen molar-refractivity contribution in [2.75, 3.05) is 12.8 Å². The highest BCUT2D eigenvalue weighted by Gasteiger charge is 2.26. The van der Waals surface area contributed by atoms with Crippen molar-refractivity contribution in [1.29, 1.82) is 0 Å². The Bertz CT molecular complexity index is 902. The fraction of sp³-hybridized carbons (Fsp3) is 0.533. The SMILES string of the molecule is CCCc1nc(Cn2cnc3c(c2=O)CCN(S(C)(=O)=O)C3)cs1. The van der Waals surface area contributed by atoms with Crippen LogP contribution in [0.5, 0.6) is 0 Å². The molecular formula is C15H20N4O3S2.